The van der Waals surface area contributed by atoms with E-state index in [-0.39, 0.29) is 16.5 Å². The Labute approximate surface area is 96.6 Å². The van der Waals surface area contributed by atoms with Gasteiger partial charge in [0.05, 0.1) is 11.1 Å². The molecular formula is C10H19N3O2S. The maximum Gasteiger partial charge on any atom is 0.216 e. The standard InChI is InChI=1S/C10H19N3O2S/c1-10(9(11)12)4-6-13(7-5-10)16(14,15)8-2-3-8/h8H,2-7H2,1H3,(H3,11,12). The fraction of sp³-hybridized carbons (Fsp3) is 0.900. The molecule has 0 unspecified atom stereocenters. The first-order chi connectivity index (χ1) is 7.36. The minimum atomic E-state index is -3.04. The van der Waals surface area contributed by atoms with E-state index < -0.39 is 10.0 Å². The number of nitrogens with one attached hydrogen (secondary N) is 1. The van der Waals surface area contributed by atoms with Crippen LogP contribution >= 0.6 is 0 Å². The van der Waals surface area contributed by atoms with Crippen LogP contribution < -0.4 is 5.73 Å². The van der Waals surface area contributed by atoms with Crippen LogP contribution in [-0.2, 0) is 10.0 Å². The van der Waals surface area contributed by atoms with Crippen molar-refractivity contribution >= 4 is 15.9 Å². The van der Waals surface area contributed by atoms with Crippen LogP contribution in [0.5, 0.6) is 0 Å². The van der Waals surface area contributed by atoms with Gasteiger partial charge in [-0.1, -0.05) is 6.92 Å². The topological polar surface area (TPSA) is 87.2 Å². The summed E-state index contributed by atoms with van der Waals surface area (Å²) in [5.74, 6) is 0.177. The first-order valence-electron chi connectivity index (χ1n) is 5.70. The highest BCUT2D eigenvalue weighted by Crippen LogP contribution is 2.36. The second-order valence-corrected chi connectivity index (χ2v) is 7.33. The first-order valence-corrected chi connectivity index (χ1v) is 7.20. The van der Waals surface area contributed by atoms with E-state index >= 15 is 0 Å². The molecule has 0 amide bonds. The number of hydrogen-bond donors (Lipinski definition) is 2. The SMILES string of the molecule is CC1(C(=N)N)CCN(S(=O)(=O)C2CC2)CC1. The van der Waals surface area contributed by atoms with Gasteiger partial charge in [0.25, 0.3) is 0 Å². The van der Waals surface area contributed by atoms with Gasteiger partial charge >= 0.3 is 0 Å². The second-order valence-electron chi connectivity index (χ2n) is 5.12. The average molecular weight is 245 g/mol. The maximum absolute atomic E-state index is 12.0. The Morgan fingerprint density at radius 2 is 1.88 bits per heavy atom. The molecule has 16 heavy (non-hydrogen) atoms. The number of nitrogens with two attached hydrogens (primary N) is 1. The van der Waals surface area contributed by atoms with Crippen molar-refractivity contribution in [1.82, 2.24) is 4.31 Å². The molecule has 0 bridgehead atoms. The van der Waals surface area contributed by atoms with E-state index in [0.29, 0.717) is 25.9 Å². The van der Waals surface area contributed by atoms with Gasteiger partial charge in [-0.25, -0.2) is 12.7 Å². The van der Waals surface area contributed by atoms with Crippen molar-refractivity contribution in [3.8, 4) is 0 Å². The van der Waals surface area contributed by atoms with Gasteiger partial charge in [0, 0.05) is 18.5 Å². The fourth-order valence-corrected chi connectivity index (χ4v) is 3.93. The molecule has 5 nitrogen and oxygen atoms in total. The monoisotopic (exact) mass is 245 g/mol. The molecule has 1 aliphatic carbocycles. The normalized spacial score (nSPS) is 26.6. The number of rotatable bonds is 3. The molecule has 3 N–H and O–H groups in total. The number of hydrogen-bond acceptors (Lipinski definition) is 3. The van der Waals surface area contributed by atoms with Crippen molar-refractivity contribution in [2.24, 2.45) is 11.1 Å². The molecule has 0 aromatic carbocycles. The summed E-state index contributed by atoms with van der Waals surface area (Å²) >= 11 is 0. The van der Waals surface area contributed by atoms with Crippen molar-refractivity contribution in [3.05, 3.63) is 0 Å². The van der Waals surface area contributed by atoms with E-state index in [1.807, 2.05) is 6.92 Å². The van der Waals surface area contributed by atoms with E-state index in [1.54, 1.807) is 4.31 Å². The summed E-state index contributed by atoms with van der Waals surface area (Å²) in [6.07, 6.45) is 2.94. The Morgan fingerprint density at radius 1 is 1.38 bits per heavy atom. The smallest absolute Gasteiger partial charge is 0.216 e. The molecule has 1 saturated heterocycles. The van der Waals surface area contributed by atoms with Gasteiger partial charge in [0.15, 0.2) is 0 Å². The van der Waals surface area contributed by atoms with Gasteiger partial charge in [0.1, 0.15) is 0 Å². The predicted molar refractivity (Wildman–Crippen MR) is 62.8 cm³/mol. The Morgan fingerprint density at radius 3 is 2.25 bits per heavy atom. The minimum Gasteiger partial charge on any atom is -0.387 e. The van der Waals surface area contributed by atoms with Crippen LogP contribution in [0.3, 0.4) is 0 Å². The predicted octanol–water partition coefficient (Wildman–Crippen LogP) is 0.517. The number of piperidine rings is 1. The van der Waals surface area contributed by atoms with Crippen molar-refractivity contribution in [1.29, 1.82) is 5.41 Å². The van der Waals surface area contributed by atoms with Crippen molar-refractivity contribution in [2.75, 3.05) is 13.1 Å². The molecule has 92 valence electrons. The third-order valence-corrected chi connectivity index (χ3v) is 6.18. The molecule has 0 aromatic heterocycles. The lowest BCUT2D eigenvalue weighted by atomic mass is 9.80. The van der Waals surface area contributed by atoms with Crippen LogP contribution in [0.4, 0.5) is 0 Å². The fourth-order valence-electron chi connectivity index (χ4n) is 2.08. The molecule has 1 saturated carbocycles. The summed E-state index contributed by atoms with van der Waals surface area (Å²) < 4.78 is 25.5. The number of amidine groups is 1. The van der Waals surface area contributed by atoms with Crippen LogP contribution in [0.1, 0.15) is 32.6 Å². The van der Waals surface area contributed by atoms with Crippen LogP contribution in [0.15, 0.2) is 0 Å². The largest absolute Gasteiger partial charge is 0.387 e. The van der Waals surface area contributed by atoms with Crippen molar-refractivity contribution < 1.29 is 8.42 Å². The Kier molecular flexibility index (Phi) is 2.74. The van der Waals surface area contributed by atoms with Gasteiger partial charge in [-0.3, -0.25) is 5.41 Å². The lowest BCUT2D eigenvalue weighted by Gasteiger charge is -2.37. The maximum atomic E-state index is 12.0. The molecular weight excluding hydrogens is 226 g/mol. The minimum absolute atomic E-state index is 0.130. The molecule has 1 aliphatic heterocycles. The highest BCUT2D eigenvalue weighted by Gasteiger charge is 2.43. The molecule has 2 fully saturated rings. The Hall–Kier alpha value is -0.620. The highest BCUT2D eigenvalue weighted by atomic mass is 32.2. The van der Waals surface area contributed by atoms with Crippen LogP contribution in [0, 0.1) is 10.8 Å². The lowest BCUT2D eigenvalue weighted by molar-refractivity contribution is 0.240. The number of nitrogens with zero attached hydrogens (tertiary/aromatic N) is 1. The molecule has 2 aliphatic rings. The zero-order valence-corrected chi connectivity index (χ0v) is 10.4. The zero-order chi connectivity index (χ0) is 12.0. The third-order valence-electron chi connectivity index (χ3n) is 3.78. The average Bonchev–Trinajstić information content (AvgIpc) is 3.01. The first kappa shape index (κ1) is 11.9. The summed E-state index contributed by atoms with van der Waals surface area (Å²) in [6, 6.07) is 0. The van der Waals surface area contributed by atoms with Crippen LogP contribution in [-0.4, -0.2) is 36.9 Å². The van der Waals surface area contributed by atoms with E-state index in [4.69, 9.17) is 11.1 Å². The third kappa shape index (κ3) is 1.96. The molecule has 6 heteroatoms. The molecule has 2 rings (SSSR count). The van der Waals surface area contributed by atoms with Crippen LogP contribution in [0.2, 0.25) is 0 Å². The molecule has 1 heterocycles. The molecule has 0 aromatic rings. The van der Waals surface area contributed by atoms with E-state index in [2.05, 4.69) is 0 Å². The quantitative estimate of drug-likeness (QED) is 0.561. The number of sulfonamides is 1. The van der Waals surface area contributed by atoms with Crippen molar-refractivity contribution in [3.63, 3.8) is 0 Å². The highest BCUT2D eigenvalue weighted by molar-refractivity contribution is 7.90. The Bertz CT molecular complexity index is 392. The van der Waals surface area contributed by atoms with Crippen LogP contribution in [0.25, 0.3) is 0 Å². The second kappa shape index (κ2) is 3.70. The molecule has 0 radical (unpaired) electrons. The summed E-state index contributed by atoms with van der Waals surface area (Å²) in [5, 5.41) is 7.38. The van der Waals surface area contributed by atoms with Gasteiger partial charge in [0.2, 0.25) is 10.0 Å². The molecule has 0 spiro atoms. The van der Waals surface area contributed by atoms with Gasteiger partial charge in [-0.15, -0.1) is 0 Å². The van der Waals surface area contributed by atoms with E-state index in [9.17, 15) is 8.42 Å². The summed E-state index contributed by atoms with van der Waals surface area (Å²) in [4.78, 5) is 0. The van der Waals surface area contributed by atoms with Crippen molar-refractivity contribution in [2.45, 2.75) is 37.9 Å². The van der Waals surface area contributed by atoms with E-state index in [0.717, 1.165) is 12.8 Å². The summed E-state index contributed by atoms with van der Waals surface area (Å²) in [6.45, 7) is 2.96. The molecule has 0 atom stereocenters. The van der Waals surface area contributed by atoms with Gasteiger partial charge in [-0.2, -0.15) is 0 Å². The van der Waals surface area contributed by atoms with Gasteiger partial charge in [-0.05, 0) is 25.7 Å². The lowest BCUT2D eigenvalue weighted by Crippen LogP contribution is -2.47. The zero-order valence-electron chi connectivity index (χ0n) is 9.57. The van der Waals surface area contributed by atoms with E-state index in [1.165, 1.54) is 0 Å². The Balaban J connectivity index is 2.02. The summed E-state index contributed by atoms with van der Waals surface area (Å²) in [5.41, 5.74) is 5.23. The van der Waals surface area contributed by atoms with Gasteiger partial charge < -0.3 is 5.73 Å². The summed E-state index contributed by atoms with van der Waals surface area (Å²) in [7, 11) is -3.04.